The molecule has 4 fully saturated rings. The van der Waals surface area contributed by atoms with Crippen molar-refractivity contribution in [3.05, 3.63) is 0 Å². The van der Waals surface area contributed by atoms with Gasteiger partial charge in [-0.3, -0.25) is 0 Å². The lowest BCUT2D eigenvalue weighted by Crippen LogP contribution is -2.57. The van der Waals surface area contributed by atoms with Crippen LogP contribution in [-0.4, -0.2) is 17.7 Å². The summed E-state index contributed by atoms with van der Waals surface area (Å²) in [5, 5.41) is 7.89. The van der Waals surface area contributed by atoms with Crippen LogP contribution in [0, 0.1) is 29.6 Å². The first kappa shape index (κ1) is 12.7. The van der Waals surface area contributed by atoms with Crippen LogP contribution >= 0.6 is 12.2 Å². The molecule has 0 spiro atoms. The molecule has 4 rings (SSSR count). The first-order valence-electron chi connectivity index (χ1n) is 7.66. The fourth-order valence-corrected chi connectivity index (χ4v) is 4.88. The summed E-state index contributed by atoms with van der Waals surface area (Å²) in [7, 11) is 0. The van der Waals surface area contributed by atoms with Crippen LogP contribution < -0.4 is 10.6 Å². The highest BCUT2D eigenvalue weighted by molar-refractivity contribution is 7.80. The van der Waals surface area contributed by atoms with Gasteiger partial charge >= 0.3 is 0 Å². The molecule has 0 amide bonds. The van der Waals surface area contributed by atoms with E-state index in [1.807, 2.05) is 0 Å². The van der Waals surface area contributed by atoms with Crippen molar-refractivity contribution < 1.29 is 0 Å². The quantitative estimate of drug-likeness (QED) is 0.768. The molecule has 4 saturated carbocycles. The van der Waals surface area contributed by atoms with E-state index in [4.69, 9.17) is 12.2 Å². The van der Waals surface area contributed by atoms with Crippen molar-refractivity contribution in [1.82, 2.24) is 10.6 Å². The maximum Gasteiger partial charge on any atom is 0.166 e. The van der Waals surface area contributed by atoms with Gasteiger partial charge in [0.25, 0.3) is 0 Å². The Morgan fingerprint density at radius 1 is 1.06 bits per heavy atom. The summed E-state index contributed by atoms with van der Waals surface area (Å²) in [6.07, 6.45) is 7.35. The molecular formula is C15H26N2S. The fourth-order valence-electron chi connectivity index (χ4n) is 4.66. The molecule has 0 heterocycles. The Bertz CT molecular complexity index is 298. The van der Waals surface area contributed by atoms with Gasteiger partial charge in [-0.1, -0.05) is 13.8 Å². The standard InChI is InChI=1S/C15H26N2S/c1-9(2)8-16-15(18)17-14-12-4-10-3-11(6-12)7-13(14)5-10/h9-14H,3-8H2,1-2H3,(H2,16,17,18). The Labute approximate surface area is 116 Å². The number of hydrogen-bond donors (Lipinski definition) is 2. The molecule has 0 unspecified atom stereocenters. The molecule has 0 radical (unpaired) electrons. The van der Waals surface area contributed by atoms with E-state index in [9.17, 15) is 0 Å². The van der Waals surface area contributed by atoms with Gasteiger partial charge in [0.05, 0.1) is 0 Å². The van der Waals surface area contributed by atoms with Gasteiger partial charge < -0.3 is 10.6 Å². The van der Waals surface area contributed by atoms with Crippen molar-refractivity contribution in [2.75, 3.05) is 6.54 Å². The third kappa shape index (κ3) is 2.52. The Hall–Kier alpha value is -0.310. The molecule has 0 aromatic carbocycles. The molecule has 102 valence electrons. The van der Waals surface area contributed by atoms with Crippen LogP contribution in [0.5, 0.6) is 0 Å². The second-order valence-electron chi connectivity index (χ2n) is 7.20. The van der Waals surface area contributed by atoms with Crippen LogP contribution in [0.1, 0.15) is 46.0 Å². The summed E-state index contributed by atoms with van der Waals surface area (Å²) in [4.78, 5) is 0. The minimum absolute atomic E-state index is 0.656. The van der Waals surface area contributed by atoms with Gasteiger partial charge in [-0.25, -0.2) is 0 Å². The number of hydrogen-bond acceptors (Lipinski definition) is 1. The molecule has 4 bridgehead atoms. The summed E-state index contributed by atoms with van der Waals surface area (Å²) in [5.74, 6) is 4.55. The van der Waals surface area contributed by atoms with Gasteiger partial charge in [-0.2, -0.15) is 0 Å². The molecule has 0 aromatic rings. The van der Waals surface area contributed by atoms with Crippen LogP contribution in [0.4, 0.5) is 0 Å². The highest BCUT2D eigenvalue weighted by atomic mass is 32.1. The Morgan fingerprint density at radius 3 is 2.11 bits per heavy atom. The zero-order chi connectivity index (χ0) is 12.7. The van der Waals surface area contributed by atoms with Gasteiger partial charge in [-0.05, 0) is 73.9 Å². The zero-order valence-electron chi connectivity index (χ0n) is 11.6. The van der Waals surface area contributed by atoms with Crippen molar-refractivity contribution in [1.29, 1.82) is 0 Å². The van der Waals surface area contributed by atoms with E-state index >= 15 is 0 Å². The predicted octanol–water partition coefficient (Wildman–Crippen LogP) is 2.93. The average Bonchev–Trinajstić information content (AvgIpc) is 2.30. The number of thiocarbonyl (C=S) groups is 1. The molecule has 4 aliphatic carbocycles. The number of rotatable bonds is 3. The van der Waals surface area contributed by atoms with Gasteiger partial charge in [-0.15, -0.1) is 0 Å². The summed E-state index contributed by atoms with van der Waals surface area (Å²) < 4.78 is 0. The van der Waals surface area contributed by atoms with E-state index in [0.717, 1.165) is 35.3 Å². The van der Waals surface area contributed by atoms with Crippen molar-refractivity contribution in [3.63, 3.8) is 0 Å². The maximum atomic E-state index is 5.45. The van der Waals surface area contributed by atoms with Crippen LogP contribution in [0.3, 0.4) is 0 Å². The van der Waals surface area contributed by atoms with Crippen molar-refractivity contribution in [2.45, 2.75) is 52.0 Å². The monoisotopic (exact) mass is 266 g/mol. The summed E-state index contributed by atoms with van der Waals surface area (Å²) in [5.41, 5.74) is 0. The first-order chi connectivity index (χ1) is 8.61. The summed E-state index contributed by atoms with van der Waals surface area (Å²) in [6.45, 7) is 5.43. The molecular weight excluding hydrogens is 240 g/mol. The highest BCUT2D eigenvalue weighted by Crippen LogP contribution is 2.53. The topological polar surface area (TPSA) is 24.1 Å². The Kier molecular flexibility index (Phi) is 3.52. The molecule has 0 aromatic heterocycles. The summed E-state index contributed by atoms with van der Waals surface area (Å²) >= 11 is 5.45. The third-order valence-corrected chi connectivity index (χ3v) is 5.46. The van der Waals surface area contributed by atoms with Gasteiger partial charge in [0.2, 0.25) is 0 Å². The fraction of sp³-hybridized carbons (Fsp3) is 0.933. The van der Waals surface area contributed by atoms with Crippen molar-refractivity contribution in [3.8, 4) is 0 Å². The van der Waals surface area contributed by atoms with E-state index in [0.29, 0.717) is 12.0 Å². The molecule has 2 N–H and O–H groups in total. The second-order valence-corrected chi connectivity index (χ2v) is 7.61. The molecule has 0 aliphatic heterocycles. The van der Waals surface area contributed by atoms with Crippen LogP contribution in [-0.2, 0) is 0 Å². The minimum atomic E-state index is 0.656. The van der Waals surface area contributed by atoms with E-state index < -0.39 is 0 Å². The van der Waals surface area contributed by atoms with Gasteiger partial charge in [0.15, 0.2) is 5.11 Å². The molecule has 0 atom stereocenters. The van der Waals surface area contributed by atoms with Crippen LogP contribution in [0.2, 0.25) is 0 Å². The normalized spacial score (nSPS) is 41.2. The smallest absolute Gasteiger partial charge is 0.166 e. The molecule has 2 nitrogen and oxygen atoms in total. The van der Waals surface area contributed by atoms with Gasteiger partial charge in [0.1, 0.15) is 0 Å². The maximum absolute atomic E-state index is 5.45. The van der Waals surface area contributed by atoms with Crippen molar-refractivity contribution in [2.24, 2.45) is 29.6 Å². The lowest BCUT2D eigenvalue weighted by molar-refractivity contribution is -0.00694. The molecule has 18 heavy (non-hydrogen) atoms. The largest absolute Gasteiger partial charge is 0.362 e. The van der Waals surface area contributed by atoms with Crippen LogP contribution in [0.25, 0.3) is 0 Å². The number of nitrogens with one attached hydrogen (secondary N) is 2. The second kappa shape index (κ2) is 4.99. The Balaban J connectivity index is 1.55. The molecule has 4 aliphatic rings. The lowest BCUT2D eigenvalue weighted by atomic mass is 9.54. The van der Waals surface area contributed by atoms with Crippen molar-refractivity contribution >= 4 is 17.3 Å². The molecule has 0 saturated heterocycles. The van der Waals surface area contributed by atoms with E-state index in [2.05, 4.69) is 24.5 Å². The van der Waals surface area contributed by atoms with Gasteiger partial charge in [0, 0.05) is 12.6 Å². The Morgan fingerprint density at radius 2 is 1.61 bits per heavy atom. The van der Waals surface area contributed by atoms with E-state index in [1.165, 1.54) is 32.1 Å². The van der Waals surface area contributed by atoms with Crippen LogP contribution in [0.15, 0.2) is 0 Å². The average molecular weight is 266 g/mol. The molecule has 3 heteroatoms. The summed E-state index contributed by atoms with van der Waals surface area (Å²) in [6, 6.07) is 0.671. The lowest BCUT2D eigenvalue weighted by Gasteiger charge is -2.54. The third-order valence-electron chi connectivity index (χ3n) is 5.20. The predicted molar refractivity (Wildman–Crippen MR) is 79.4 cm³/mol. The van der Waals surface area contributed by atoms with E-state index in [1.54, 1.807) is 0 Å². The SMILES string of the molecule is CC(C)CNC(=S)NC1C2CC3CC(C2)CC1C3. The van der Waals surface area contributed by atoms with E-state index in [-0.39, 0.29) is 0 Å². The highest BCUT2D eigenvalue weighted by Gasteiger charge is 2.48. The first-order valence-corrected chi connectivity index (χ1v) is 8.07. The zero-order valence-corrected chi connectivity index (χ0v) is 12.4. The minimum Gasteiger partial charge on any atom is -0.362 e.